The minimum Gasteiger partial charge on any atom is -0.373 e. The molecule has 2 heteroatoms. The topological polar surface area (TPSA) is 12.0 Å². The van der Waals surface area contributed by atoms with E-state index in [4.69, 9.17) is 12.2 Å². The van der Waals surface area contributed by atoms with Crippen molar-refractivity contribution in [3.05, 3.63) is 35.5 Å². The molecule has 2 atom stereocenters. The highest BCUT2D eigenvalue weighted by Crippen LogP contribution is 2.28. The molecule has 2 aliphatic rings. The van der Waals surface area contributed by atoms with Crippen LogP contribution in [0.25, 0.3) is 0 Å². The van der Waals surface area contributed by atoms with E-state index in [9.17, 15) is 0 Å². The first-order valence-corrected chi connectivity index (χ1v) is 6.43. The molecule has 0 spiro atoms. The second kappa shape index (κ2) is 4.96. The summed E-state index contributed by atoms with van der Waals surface area (Å²) in [5.41, 5.74) is 2.96. The number of thiocarbonyl (C=S) groups is 1. The van der Waals surface area contributed by atoms with Gasteiger partial charge in [-0.1, -0.05) is 49.0 Å². The van der Waals surface area contributed by atoms with E-state index in [2.05, 4.69) is 43.5 Å². The van der Waals surface area contributed by atoms with Crippen LogP contribution in [0.2, 0.25) is 0 Å². The zero-order valence-electron chi connectivity index (χ0n) is 9.99. The van der Waals surface area contributed by atoms with Gasteiger partial charge >= 0.3 is 0 Å². The molecular formula is C14H19NS. The Labute approximate surface area is 103 Å². The van der Waals surface area contributed by atoms with E-state index in [1.807, 2.05) is 0 Å². The molecule has 1 nitrogen and oxygen atoms in total. The molecule has 0 aromatic rings. The van der Waals surface area contributed by atoms with Crippen molar-refractivity contribution in [3.8, 4) is 0 Å². The zero-order chi connectivity index (χ0) is 11.5. The first-order chi connectivity index (χ1) is 7.69. The molecular weight excluding hydrogens is 214 g/mol. The summed E-state index contributed by atoms with van der Waals surface area (Å²) < 4.78 is 0. The highest BCUT2D eigenvalue weighted by Gasteiger charge is 2.23. The van der Waals surface area contributed by atoms with Crippen molar-refractivity contribution in [2.75, 3.05) is 0 Å². The standard InChI is InChI=1S/C14H19NS/c1-3-4-11-7-10(2)8-12-5-6-14(16)15-13(12)9-11/h3-4,7-8,10,13H,5-6,9H2,1-2H3,(H,15,16)/b4-3-. The normalized spacial score (nSPS) is 30.2. The monoisotopic (exact) mass is 233 g/mol. The fraction of sp³-hybridized carbons (Fsp3) is 0.500. The van der Waals surface area contributed by atoms with Crippen LogP contribution in [-0.2, 0) is 0 Å². The molecule has 2 unspecified atom stereocenters. The van der Waals surface area contributed by atoms with Crippen LogP contribution in [0.3, 0.4) is 0 Å². The van der Waals surface area contributed by atoms with Crippen LogP contribution in [-0.4, -0.2) is 11.0 Å². The summed E-state index contributed by atoms with van der Waals surface area (Å²) in [6, 6.07) is 0.439. The predicted octanol–water partition coefficient (Wildman–Crippen LogP) is 3.53. The van der Waals surface area contributed by atoms with Crippen LogP contribution in [0, 0.1) is 5.92 Å². The van der Waals surface area contributed by atoms with E-state index in [1.54, 1.807) is 0 Å². The van der Waals surface area contributed by atoms with Gasteiger partial charge in [-0.15, -0.1) is 0 Å². The summed E-state index contributed by atoms with van der Waals surface area (Å²) in [5, 5.41) is 3.46. The Morgan fingerprint density at radius 2 is 2.19 bits per heavy atom. The molecule has 0 radical (unpaired) electrons. The summed E-state index contributed by atoms with van der Waals surface area (Å²) in [5.74, 6) is 0.541. The van der Waals surface area contributed by atoms with Gasteiger partial charge in [0.15, 0.2) is 0 Å². The summed E-state index contributed by atoms with van der Waals surface area (Å²) in [6.45, 7) is 4.33. The second-order valence-corrected chi connectivity index (χ2v) is 5.16. The first kappa shape index (κ1) is 11.6. The van der Waals surface area contributed by atoms with Gasteiger partial charge in [0.05, 0.1) is 11.0 Å². The van der Waals surface area contributed by atoms with Crippen LogP contribution < -0.4 is 5.32 Å². The molecule has 1 heterocycles. The van der Waals surface area contributed by atoms with Crippen molar-refractivity contribution in [1.29, 1.82) is 0 Å². The lowest BCUT2D eigenvalue weighted by Crippen LogP contribution is -2.39. The lowest BCUT2D eigenvalue weighted by atomic mass is 9.93. The van der Waals surface area contributed by atoms with Crippen LogP contribution in [0.5, 0.6) is 0 Å². The highest BCUT2D eigenvalue weighted by atomic mass is 32.1. The third-order valence-corrected chi connectivity index (χ3v) is 3.52. The van der Waals surface area contributed by atoms with Crippen molar-refractivity contribution in [1.82, 2.24) is 5.32 Å². The average molecular weight is 233 g/mol. The van der Waals surface area contributed by atoms with Gasteiger partial charge in [0.2, 0.25) is 0 Å². The van der Waals surface area contributed by atoms with E-state index in [-0.39, 0.29) is 0 Å². The minimum absolute atomic E-state index is 0.439. The number of fused-ring (bicyclic) bond motifs is 1. The smallest absolute Gasteiger partial charge is 0.0761 e. The number of nitrogens with one attached hydrogen (secondary N) is 1. The summed E-state index contributed by atoms with van der Waals surface area (Å²) in [7, 11) is 0. The molecule has 1 aliphatic heterocycles. The predicted molar refractivity (Wildman–Crippen MR) is 73.5 cm³/mol. The quantitative estimate of drug-likeness (QED) is 0.549. The number of allylic oxidation sites excluding steroid dienone is 4. The maximum Gasteiger partial charge on any atom is 0.0761 e. The SMILES string of the molecule is C/C=C\C1=CC(C)C=C2CCC(=S)NC2C1. The molecule has 1 fully saturated rings. The molecule has 1 N–H and O–H groups in total. The third kappa shape index (κ3) is 2.62. The molecule has 0 aromatic carbocycles. The van der Waals surface area contributed by atoms with Crippen molar-refractivity contribution >= 4 is 17.2 Å². The molecule has 86 valence electrons. The summed E-state index contributed by atoms with van der Waals surface area (Å²) in [6.07, 6.45) is 12.3. The lowest BCUT2D eigenvalue weighted by molar-refractivity contribution is 0.627. The highest BCUT2D eigenvalue weighted by molar-refractivity contribution is 7.80. The maximum atomic E-state index is 5.28. The van der Waals surface area contributed by atoms with Gasteiger partial charge in [0.1, 0.15) is 0 Å². The van der Waals surface area contributed by atoms with Gasteiger partial charge in [0.25, 0.3) is 0 Å². The first-order valence-electron chi connectivity index (χ1n) is 6.02. The van der Waals surface area contributed by atoms with Crippen LogP contribution in [0.15, 0.2) is 35.5 Å². The molecule has 0 amide bonds. The Balaban J connectivity index is 2.22. The van der Waals surface area contributed by atoms with Crippen LogP contribution >= 0.6 is 12.2 Å². The number of piperidine rings is 1. The largest absolute Gasteiger partial charge is 0.373 e. The fourth-order valence-corrected chi connectivity index (χ4v) is 2.78. The van der Waals surface area contributed by atoms with Gasteiger partial charge in [-0.3, -0.25) is 0 Å². The van der Waals surface area contributed by atoms with Crippen molar-refractivity contribution in [2.45, 2.75) is 39.2 Å². The third-order valence-electron chi connectivity index (χ3n) is 3.20. The maximum absolute atomic E-state index is 5.28. The molecule has 0 bridgehead atoms. The molecule has 0 aromatic heterocycles. The molecule has 0 saturated carbocycles. The Bertz CT molecular complexity index is 376. The van der Waals surface area contributed by atoms with E-state index < -0.39 is 0 Å². The van der Waals surface area contributed by atoms with Crippen molar-refractivity contribution in [3.63, 3.8) is 0 Å². The minimum atomic E-state index is 0.439. The second-order valence-electron chi connectivity index (χ2n) is 4.67. The number of rotatable bonds is 1. The van der Waals surface area contributed by atoms with Crippen molar-refractivity contribution in [2.24, 2.45) is 5.92 Å². The van der Waals surface area contributed by atoms with Gasteiger partial charge in [-0.25, -0.2) is 0 Å². The summed E-state index contributed by atoms with van der Waals surface area (Å²) >= 11 is 5.28. The van der Waals surface area contributed by atoms with Gasteiger partial charge in [-0.2, -0.15) is 0 Å². The average Bonchev–Trinajstić information content (AvgIpc) is 2.36. The van der Waals surface area contributed by atoms with E-state index >= 15 is 0 Å². The van der Waals surface area contributed by atoms with Crippen molar-refractivity contribution < 1.29 is 0 Å². The van der Waals surface area contributed by atoms with E-state index in [0.717, 1.165) is 24.3 Å². The van der Waals surface area contributed by atoms with Gasteiger partial charge in [-0.05, 0) is 31.3 Å². The summed E-state index contributed by atoms with van der Waals surface area (Å²) in [4.78, 5) is 1.02. The Morgan fingerprint density at radius 1 is 1.38 bits per heavy atom. The van der Waals surface area contributed by atoms with Gasteiger partial charge in [0, 0.05) is 6.42 Å². The van der Waals surface area contributed by atoms with E-state index in [1.165, 1.54) is 11.1 Å². The number of hydrogen-bond donors (Lipinski definition) is 1. The Hall–Kier alpha value is -0.890. The fourth-order valence-electron chi connectivity index (χ4n) is 2.54. The molecule has 1 saturated heterocycles. The lowest BCUT2D eigenvalue weighted by Gasteiger charge is -2.28. The molecule has 16 heavy (non-hydrogen) atoms. The van der Waals surface area contributed by atoms with Crippen LogP contribution in [0.1, 0.15) is 33.1 Å². The van der Waals surface area contributed by atoms with Gasteiger partial charge < -0.3 is 5.32 Å². The zero-order valence-corrected chi connectivity index (χ0v) is 10.8. The van der Waals surface area contributed by atoms with Crippen LogP contribution in [0.4, 0.5) is 0 Å². The Morgan fingerprint density at radius 3 is 2.94 bits per heavy atom. The van der Waals surface area contributed by atoms with E-state index in [0.29, 0.717) is 12.0 Å². The molecule has 2 rings (SSSR count). The number of hydrogen-bond acceptors (Lipinski definition) is 1. The Kier molecular flexibility index (Phi) is 3.59. The molecule has 1 aliphatic carbocycles.